The second kappa shape index (κ2) is 5.41. The largest absolute Gasteiger partial charge is 0.320 e. The van der Waals surface area contributed by atoms with E-state index < -0.39 is 6.04 Å². The summed E-state index contributed by atoms with van der Waals surface area (Å²) in [5.74, 6) is 0.433. The molecule has 1 aromatic heterocycles. The Hall–Kier alpha value is -0.940. The normalized spacial score (nSPS) is 12.6. The highest BCUT2D eigenvalue weighted by molar-refractivity contribution is 9.10. The molecule has 4 nitrogen and oxygen atoms in total. The van der Waals surface area contributed by atoms with Crippen molar-refractivity contribution >= 4 is 27.7 Å². The molecule has 0 saturated carbocycles. The van der Waals surface area contributed by atoms with Crippen molar-refractivity contribution in [1.29, 1.82) is 0 Å². The summed E-state index contributed by atoms with van der Waals surface area (Å²) in [6.45, 7) is 5.75. The SMILES string of the molecule is Cc1cc(NC(=O)[C@@H](N)C(C)C)ncc1Br. The fourth-order valence-electron chi connectivity index (χ4n) is 1.12. The molecule has 0 fully saturated rings. The molecule has 1 rings (SSSR count). The summed E-state index contributed by atoms with van der Waals surface area (Å²) in [4.78, 5) is 15.7. The van der Waals surface area contributed by atoms with Gasteiger partial charge in [0.15, 0.2) is 0 Å². The van der Waals surface area contributed by atoms with Crippen molar-refractivity contribution in [1.82, 2.24) is 4.98 Å². The maximum Gasteiger partial charge on any atom is 0.242 e. The lowest BCUT2D eigenvalue weighted by atomic mass is 10.1. The van der Waals surface area contributed by atoms with Gasteiger partial charge in [-0.3, -0.25) is 4.79 Å². The fraction of sp³-hybridized carbons (Fsp3) is 0.455. The molecule has 0 aliphatic rings. The van der Waals surface area contributed by atoms with Crippen molar-refractivity contribution < 1.29 is 4.79 Å². The number of aromatic nitrogens is 1. The number of nitrogens with two attached hydrogens (primary N) is 1. The van der Waals surface area contributed by atoms with Gasteiger partial charge in [0.25, 0.3) is 0 Å². The maximum atomic E-state index is 11.7. The predicted octanol–water partition coefficient (Wildman–Crippen LogP) is 2.07. The number of hydrogen-bond acceptors (Lipinski definition) is 3. The van der Waals surface area contributed by atoms with E-state index in [1.54, 1.807) is 12.3 Å². The third-order valence-corrected chi connectivity index (χ3v) is 3.15. The Bertz CT molecular complexity index is 393. The van der Waals surface area contributed by atoms with Gasteiger partial charge in [-0.05, 0) is 40.4 Å². The second-order valence-electron chi connectivity index (χ2n) is 4.08. The van der Waals surface area contributed by atoms with Crippen LogP contribution in [0.3, 0.4) is 0 Å². The minimum Gasteiger partial charge on any atom is -0.320 e. The quantitative estimate of drug-likeness (QED) is 0.893. The zero-order valence-corrected chi connectivity index (χ0v) is 11.2. The monoisotopic (exact) mass is 285 g/mol. The van der Waals surface area contributed by atoms with Crippen LogP contribution in [-0.2, 0) is 4.79 Å². The highest BCUT2D eigenvalue weighted by atomic mass is 79.9. The molecule has 0 unspecified atom stereocenters. The van der Waals surface area contributed by atoms with Gasteiger partial charge in [0.05, 0.1) is 6.04 Å². The standard InChI is InChI=1S/C11H16BrN3O/c1-6(2)10(13)11(16)15-9-4-7(3)8(12)5-14-9/h4-6,10H,13H2,1-3H3,(H,14,15,16)/t10-/m0/s1. The summed E-state index contributed by atoms with van der Waals surface area (Å²) in [7, 11) is 0. The summed E-state index contributed by atoms with van der Waals surface area (Å²) in [5, 5.41) is 2.70. The lowest BCUT2D eigenvalue weighted by Gasteiger charge is -2.15. The molecule has 0 bridgehead atoms. The molecular formula is C11H16BrN3O. The summed E-state index contributed by atoms with van der Waals surface area (Å²) >= 11 is 3.35. The van der Waals surface area contributed by atoms with Crippen LogP contribution >= 0.6 is 15.9 Å². The number of aryl methyl sites for hydroxylation is 1. The van der Waals surface area contributed by atoms with E-state index in [4.69, 9.17) is 5.73 Å². The summed E-state index contributed by atoms with van der Waals surface area (Å²) < 4.78 is 0.915. The Labute approximate surface area is 104 Å². The first-order chi connectivity index (χ1) is 7.41. The van der Waals surface area contributed by atoms with Gasteiger partial charge in [-0.2, -0.15) is 0 Å². The van der Waals surface area contributed by atoms with E-state index in [0.29, 0.717) is 5.82 Å². The van der Waals surface area contributed by atoms with E-state index in [-0.39, 0.29) is 11.8 Å². The number of carbonyl (C=O) groups excluding carboxylic acids is 1. The average Bonchev–Trinajstić information content (AvgIpc) is 2.22. The first kappa shape index (κ1) is 13.1. The molecule has 16 heavy (non-hydrogen) atoms. The van der Waals surface area contributed by atoms with Crippen molar-refractivity contribution in [2.24, 2.45) is 11.7 Å². The molecule has 1 aromatic rings. The number of anilines is 1. The zero-order valence-electron chi connectivity index (χ0n) is 9.62. The van der Waals surface area contributed by atoms with Crippen LogP contribution in [0.5, 0.6) is 0 Å². The zero-order chi connectivity index (χ0) is 12.3. The molecule has 1 amide bonds. The van der Waals surface area contributed by atoms with Crippen LogP contribution in [0, 0.1) is 12.8 Å². The summed E-state index contributed by atoms with van der Waals surface area (Å²) in [6.07, 6.45) is 1.66. The van der Waals surface area contributed by atoms with E-state index in [1.165, 1.54) is 0 Å². The molecule has 1 atom stereocenters. The maximum absolute atomic E-state index is 11.7. The second-order valence-corrected chi connectivity index (χ2v) is 4.93. The van der Waals surface area contributed by atoms with Gasteiger partial charge >= 0.3 is 0 Å². The number of hydrogen-bond donors (Lipinski definition) is 2. The molecule has 1 heterocycles. The van der Waals surface area contributed by atoms with Gasteiger partial charge in [-0.15, -0.1) is 0 Å². The molecule has 5 heteroatoms. The van der Waals surface area contributed by atoms with Gasteiger partial charge in [0.1, 0.15) is 5.82 Å². The van der Waals surface area contributed by atoms with Crippen molar-refractivity contribution in [2.75, 3.05) is 5.32 Å². The topological polar surface area (TPSA) is 68.0 Å². The molecule has 0 saturated heterocycles. The highest BCUT2D eigenvalue weighted by Crippen LogP contribution is 2.17. The van der Waals surface area contributed by atoms with Gasteiger partial charge in [0, 0.05) is 10.7 Å². The molecule has 3 N–H and O–H groups in total. The number of amides is 1. The van der Waals surface area contributed by atoms with E-state index in [0.717, 1.165) is 10.0 Å². The molecular weight excluding hydrogens is 270 g/mol. The van der Waals surface area contributed by atoms with Crippen molar-refractivity contribution in [3.8, 4) is 0 Å². The smallest absolute Gasteiger partial charge is 0.242 e. The molecule has 0 aromatic carbocycles. The first-order valence-electron chi connectivity index (χ1n) is 5.10. The van der Waals surface area contributed by atoms with Crippen molar-refractivity contribution in [3.05, 3.63) is 22.3 Å². The van der Waals surface area contributed by atoms with E-state index in [1.807, 2.05) is 20.8 Å². The third kappa shape index (κ3) is 3.28. The van der Waals surface area contributed by atoms with Crippen LogP contribution in [0.2, 0.25) is 0 Å². The van der Waals surface area contributed by atoms with Gasteiger partial charge < -0.3 is 11.1 Å². The van der Waals surface area contributed by atoms with Crippen LogP contribution < -0.4 is 11.1 Å². The van der Waals surface area contributed by atoms with Crippen LogP contribution in [0.1, 0.15) is 19.4 Å². The van der Waals surface area contributed by atoms with Gasteiger partial charge in [-0.25, -0.2) is 4.98 Å². The fourth-order valence-corrected chi connectivity index (χ4v) is 1.34. The first-order valence-corrected chi connectivity index (χ1v) is 5.89. The number of carbonyl (C=O) groups is 1. The van der Waals surface area contributed by atoms with E-state index >= 15 is 0 Å². The Balaban J connectivity index is 2.74. The molecule has 0 spiro atoms. The molecule has 0 radical (unpaired) electrons. The number of pyridine rings is 1. The number of halogens is 1. The number of nitrogens with one attached hydrogen (secondary N) is 1. The van der Waals surface area contributed by atoms with Crippen LogP contribution in [0.25, 0.3) is 0 Å². The van der Waals surface area contributed by atoms with Gasteiger partial charge in [0.2, 0.25) is 5.91 Å². The van der Waals surface area contributed by atoms with E-state index in [9.17, 15) is 4.79 Å². The average molecular weight is 286 g/mol. The lowest BCUT2D eigenvalue weighted by molar-refractivity contribution is -0.118. The Morgan fingerprint density at radius 2 is 2.19 bits per heavy atom. The molecule has 0 aliphatic carbocycles. The van der Waals surface area contributed by atoms with Crippen molar-refractivity contribution in [2.45, 2.75) is 26.8 Å². The van der Waals surface area contributed by atoms with Crippen molar-refractivity contribution in [3.63, 3.8) is 0 Å². The predicted molar refractivity (Wildman–Crippen MR) is 68.1 cm³/mol. The number of rotatable bonds is 3. The minimum atomic E-state index is -0.509. The Morgan fingerprint density at radius 3 is 2.69 bits per heavy atom. The number of nitrogens with zero attached hydrogens (tertiary/aromatic N) is 1. The van der Waals surface area contributed by atoms with Crippen LogP contribution in [0.15, 0.2) is 16.7 Å². The molecule has 0 aliphatic heterocycles. The van der Waals surface area contributed by atoms with Gasteiger partial charge in [-0.1, -0.05) is 13.8 Å². The Kier molecular flexibility index (Phi) is 4.44. The van der Waals surface area contributed by atoms with Crippen LogP contribution in [0.4, 0.5) is 5.82 Å². The highest BCUT2D eigenvalue weighted by Gasteiger charge is 2.17. The lowest BCUT2D eigenvalue weighted by Crippen LogP contribution is -2.39. The minimum absolute atomic E-state index is 0.108. The van der Waals surface area contributed by atoms with Crippen LogP contribution in [-0.4, -0.2) is 16.9 Å². The Morgan fingerprint density at radius 1 is 1.56 bits per heavy atom. The third-order valence-electron chi connectivity index (χ3n) is 2.32. The van der Waals surface area contributed by atoms with E-state index in [2.05, 4.69) is 26.2 Å². The summed E-state index contributed by atoms with van der Waals surface area (Å²) in [6, 6.07) is 1.29. The summed E-state index contributed by atoms with van der Waals surface area (Å²) in [5.41, 5.74) is 6.74. The molecule has 88 valence electrons.